The maximum atomic E-state index is 12.4. The predicted octanol–water partition coefficient (Wildman–Crippen LogP) is 1.45. The van der Waals surface area contributed by atoms with Gasteiger partial charge >= 0.3 is 0 Å². The second kappa shape index (κ2) is 5.20. The van der Waals surface area contributed by atoms with Crippen LogP contribution in [0.15, 0.2) is 0 Å². The molecule has 3 aliphatic heterocycles. The number of hydrogen-bond acceptors (Lipinski definition) is 4. The Balaban J connectivity index is 1.65. The van der Waals surface area contributed by atoms with E-state index in [1.165, 1.54) is 0 Å². The van der Waals surface area contributed by atoms with Crippen molar-refractivity contribution in [3.8, 4) is 0 Å². The number of nitrogens with zero attached hydrogens (tertiary/aromatic N) is 1. The van der Waals surface area contributed by atoms with E-state index in [9.17, 15) is 9.59 Å². The van der Waals surface area contributed by atoms with Crippen LogP contribution < -0.4 is 5.32 Å². The largest absolute Gasteiger partial charge is 0.351 e. The molecule has 0 bridgehead atoms. The molecule has 1 N–H and O–H groups in total. The summed E-state index contributed by atoms with van der Waals surface area (Å²) >= 11 is 3.71. The lowest BCUT2D eigenvalue weighted by atomic mass is 10.1. The Morgan fingerprint density at radius 1 is 1.42 bits per heavy atom. The summed E-state index contributed by atoms with van der Waals surface area (Å²) in [4.78, 5) is 26.1. The van der Waals surface area contributed by atoms with E-state index in [4.69, 9.17) is 0 Å². The van der Waals surface area contributed by atoms with Crippen molar-refractivity contribution >= 4 is 35.3 Å². The normalized spacial score (nSPS) is 35.5. The quantitative estimate of drug-likeness (QED) is 0.838. The first-order chi connectivity index (χ1) is 9.10. The SMILES string of the molecule is C[C@]12CCC(=O)N1[C@@H](C(=O)NC1CCSCC1)CS2. The third kappa shape index (κ3) is 2.49. The van der Waals surface area contributed by atoms with Crippen molar-refractivity contribution in [2.24, 2.45) is 0 Å². The molecule has 6 heteroatoms. The van der Waals surface area contributed by atoms with Crippen LogP contribution in [0.4, 0.5) is 0 Å². The van der Waals surface area contributed by atoms with Crippen LogP contribution in [0.1, 0.15) is 32.6 Å². The lowest BCUT2D eigenvalue weighted by Crippen LogP contribution is -2.52. The van der Waals surface area contributed by atoms with Gasteiger partial charge in [0.2, 0.25) is 11.8 Å². The van der Waals surface area contributed by atoms with E-state index in [1.54, 1.807) is 11.8 Å². The first-order valence-electron chi connectivity index (χ1n) is 6.94. The van der Waals surface area contributed by atoms with Crippen molar-refractivity contribution in [2.45, 2.75) is 49.6 Å². The average molecular weight is 300 g/mol. The average Bonchev–Trinajstić information content (AvgIpc) is 2.88. The first kappa shape index (κ1) is 13.6. The van der Waals surface area contributed by atoms with E-state index >= 15 is 0 Å². The highest BCUT2D eigenvalue weighted by Crippen LogP contribution is 2.47. The summed E-state index contributed by atoms with van der Waals surface area (Å²) in [6, 6.07) is 0.0582. The Labute approximate surface area is 122 Å². The second-order valence-corrected chi connectivity index (χ2v) is 8.39. The van der Waals surface area contributed by atoms with E-state index in [2.05, 4.69) is 12.2 Å². The molecule has 2 atom stereocenters. The van der Waals surface area contributed by atoms with Gasteiger partial charge in [-0.15, -0.1) is 11.8 Å². The Morgan fingerprint density at radius 2 is 2.16 bits per heavy atom. The number of carbonyl (C=O) groups is 2. The highest BCUT2D eigenvalue weighted by atomic mass is 32.2. The molecule has 3 aliphatic rings. The number of nitrogens with one attached hydrogen (secondary N) is 1. The second-order valence-electron chi connectivity index (χ2n) is 5.66. The molecule has 0 aromatic heterocycles. The summed E-state index contributed by atoms with van der Waals surface area (Å²) in [5.74, 6) is 3.21. The number of amides is 2. The van der Waals surface area contributed by atoms with Crippen LogP contribution in [0, 0.1) is 0 Å². The fourth-order valence-corrected chi connectivity index (χ4v) is 5.69. The molecule has 4 nitrogen and oxygen atoms in total. The molecular weight excluding hydrogens is 280 g/mol. The zero-order chi connectivity index (χ0) is 13.5. The zero-order valence-electron chi connectivity index (χ0n) is 11.2. The van der Waals surface area contributed by atoms with Crippen LogP contribution in [-0.4, -0.2) is 50.9 Å². The van der Waals surface area contributed by atoms with Gasteiger partial charge in [-0.05, 0) is 37.7 Å². The van der Waals surface area contributed by atoms with Crippen molar-refractivity contribution in [3.63, 3.8) is 0 Å². The van der Waals surface area contributed by atoms with Gasteiger partial charge in [-0.1, -0.05) is 0 Å². The minimum Gasteiger partial charge on any atom is -0.351 e. The van der Waals surface area contributed by atoms with E-state index in [-0.39, 0.29) is 22.7 Å². The molecule has 0 saturated carbocycles. The van der Waals surface area contributed by atoms with Crippen LogP contribution in [-0.2, 0) is 9.59 Å². The molecule has 3 rings (SSSR count). The Hall–Kier alpha value is -0.360. The van der Waals surface area contributed by atoms with Crippen LogP contribution >= 0.6 is 23.5 Å². The van der Waals surface area contributed by atoms with Gasteiger partial charge in [0, 0.05) is 18.2 Å². The molecule has 0 spiro atoms. The molecule has 2 amide bonds. The van der Waals surface area contributed by atoms with Crippen LogP contribution in [0.5, 0.6) is 0 Å². The predicted molar refractivity (Wildman–Crippen MR) is 79.2 cm³/mol. The lowest BCUT2D eigenvalue weighted by molar-refractivity contribution is -0.138. The Morgan fingerprint density at radius 3 is 2.89 bits per heavy atom. The summed E-state index contributed by atoms with van der Waals surface area (Å²) in [6.07, 6.45) is 3.58. The summed E-state index contributed by atoms with van der Waals surface area (Å²) in [6.45, 7) is 2.09. The zero-order valence-corrected chi connectivity index (χ0v) is 12.8. The topological polar surface area (TPSA) is 49.4 Å². The summed E-state index contributed by atoms with van der Waals surface area (Å²) < 4.78 is 0. The molecule has 0 aromatic rings. The standard InChI is InChI=1S/C13H20N2O2S2/c1-13-5-2-11(16)15(13)10(8-19-13)12(17)14-9-3-6-18-7-4-9/h9-10H,2-8H2,1H3,(H,14,17)/t10-,13+/m1/s1. The highest BCUT2D eigenvalue weighted by Gasteiger charge is 2.52. The van der Waals surface area contributed by atoms with E-state index < -0.39 is 0 Å². The van der Waals surface area contributed by atoms with Gasteiger partial charge < -0.3 is 10.2 Å². The van der Waals surface area contributed by atoms with Gasteiger partial charge in [-0.3, -0.25) is 9.59 Å². The highest BCUT2D eigenvalue weighted by molar-refractivity contribution is 8.01. The van der Waals surface area contributed by atoms with Gasteiger partial charge in [0.05, 0.1) is 4.87 Å². The van der Waals surface area contributed by atoms with Gasteiger partial charge in [-0.2, -0.15) is 11.8 Å². The summed E-state index contributed by atoms with van der Waals surface area (Å²) in [7, 11) is 0. The molecule has 0 aromatic carbocycles. The van der Waals surface area contributed by atoms with Gasteiger partial charge in [0.1, 0.15) is 6.04 Å². The molecule has 3 fully saturated rings. The monoisotopic (exact) mass is 300 g/mol. The molecule has 3 saturated heterocycles. The Bertz CT molecular complexity index is 398. The van der Waals surface area contributed by atoms with Crippen LogP contribution in [0.2, 0.25) is 0 Å². The van der Waals surface area contributed by atoms with Crippen LogP contribution in [0.3, 0.4) is 0 Å². The van der Waals surface area contributed by atoms with Crippen molar-refractivity contribution in [1.29, 1.82) is 0 Å². The fraction of sp³-hybridized carbons (Fsp3) is 0.846. The molecular formula is C13H20N2O2S2. The van der Waals surface area contributed by atoms with E-state index in [0.717, 1.165) is 36.5 Å². The molecule has 0 unspecified atom stereocenters. The smallest absolute Gasteiger partial charge is 0.243 e. The number of hydrogen-bond donors (Lipinski definition) is 1. The van der Waals surface area contributed by atoms with Crippen molar-refractivity contribution in [1.82, 2.24) is 10.2 Å². The number of thioether (sulfide) groups is 2. The molecule has 3 heterocycles. The fourth-order valence-electron chi connectivity index (χ4n) is 3.15. The van der Waals surface area contributed by atoms with Crippen molar-refractivity contribution in [2.75, 3.05) is 17.3 Å². The Kier molecular flexibility index (Phi) is 3.73. The van der Waals surface area contributed by atoms with Crippen molar-refractivity contribution < 1.29 is 9.59 Å². The third-order valence-electron chi connectivity index (χ3n) is 4.32. The van der Waals surface area contributed by atoms with E-state index in [1.807, 2.05) is 16.7 Å². The summed E-state index contributed by atoms with van der Waals surface area (Å²) in [5.41, 5.74) is 0. The molecule has 0 radical (unpaired) electrons. The number of fused-ring (bicyclic) bond motifs is 1. The molecule has 19 heavy (non-hydrogen) atoms. The third-order valence-corrected chi connectivity index (χ3v) is 6.87. The maximum absolute atomic E-state index is 12.4. The number of rotatable bonds is 2. The van der Waals surface area contributed by atoms with Gasteiger partial charge in [0.25, 0.3) is 0 Å². The number of carbonyl (C=O) groups excluding carboxylic acids is 2. The maximum Gasteiger partial charge on any atom is 0.243 e. The summed E-state index contributed by atoms with van der Waals surface area (Å²) in [5, 5.41) is 3.15. The van der Waals surface area contributed by atoms with E-state index in [0.29, 0.717) is 12.5 Å². The molecule has 0 aliphatic carbocycles. The van der Waals surface area contributed by atoms with Gasteiger partial charge in [0.15, 0.2) is 0 Å². The van der Waals surface area contributed by atoms with Crippen LogP contribution in [0.25, 0.3) is 0 Å². The van der Waals surface area contributed by atoms with Crippen molar-refractivity contribution in [3.05, 3.63) is 0 Å². The lowest BCUT2D eigenvalue weighted by Gasteiger charge is -2.31. The first-order valence-corrected chi connectivity index (χ1v) is 9.08. The molecule has 106 valence electrons. The minimum atomic E-state index is -0.250. The van der Waals surface area contributed by atoms with Gasteiger partial charge in [-0.25, -0.2) is 0 Å². The minimum absolute atomic E-state index is 0.0587.